The third-order valence-corrected chi connectivity index (χ3v) is 4.26. The molecule has 0 saturated carbocycles. The van der Waals surface area contributed by atoms with Gasteiger partial charge in [0.25, 0.3) is 0 Å². The Morgan fingerprint density at radius 3 is 2.75 bits per heavy atom. The molecule has 1 fully saturated rings. The fourth-order valence-corrected chi connectivity index (χ4v) is 3.21. The standard InChI is InChI=1S/C13H27BrN2/c1-12(6-8-14)7-10-15(2)11-13-5-4-9-16(13)3/h12-13H,4-11H2,1-3H3. The van der Waals surface area contributed by atoms with Gasteiger partial charge in [-0.25, -0.2) is 0 Å². The van der Waals surface area contributed by atoms with Crippen LogP contribution in [0, 0.1) is 5.92 Å². The number of hydrogen-bond donors (Lipinski definition) is 0. The van der Waals surface area contributed by atoms with Gasteiger partial charge in [0.15, 0.2) is 0 Å². The van der Waals surface area contributed by atoms with Crippen molar-refractivity contribution in [1.82, 2.24) is 9.80 Å². The van der Waals surface area contributed by atoms with Crippen molar-refractivity contribution in [3.8, 4) is 0 Å². The average molecular weight is 291 g/mol. The van der Waals surface area contributed by atoms with Gasteiger partial charge >= 0.3 is 0 Å². The molecule has 0 aliphatic carbocycles. The minimum Gasteiger partial charge on any atom is -0.305 e. The Kier molecular flexibility index (Phi) is 6.94. The lowest BCUT2D eigenvalue weighted by molar-refractivity contribution is 0.212. The van der Waals surface area contributed by atoms with Crippen LogP contribution in [0.25, 0.3) is 0 Å². The van der Waals surface area contributed by atoms with E-state index in [-0.39, 0.29) is 0 Å². The van der Waals surface area contributed by atoms with E-state index in [2.05, 4.69) is 46.7 Å². The van der Waals surface area contributed by atoms with Gasteiger partial charge in [-0.2, -0.15) is 0 Å². The number of halogens is 1. The fraction of sp³-hybridized carbons (Fsp3) is 1.00. The molecule has 0 bridgehead atoms. The minimum atomic E-state index is 0.802. The molecule has 0 aromatic rings. The molecule has 2 nitrogen and oxygen atoms in total. The van der Waals surface area contributed by atoms with E-state index < -0.39 is 0 Å². The summed E-state index contributed by atoms with van der Waals surface area (Å²) in [5.41, 5.74) is 0. The van der Waals surface area contributed by atoms with Gasteiger partial charge in [-0.1, -0.05) is 22.9 Å². The van der Waals surface area contributed by atoms with Gasteiger partial charge in [0.2, 0.25) is 0 Å². The van der Waals surface area contributed by atoms with Gasteiger partial charge in [-0.15, -0.1) is 0 Å². The molecule has 0 amide bonds. The van der Waals surface area contributed by atoms with Gasteiger partial charge in [-0.3, -0.25) is 0 Å². The predicted molar refractivity (Wildman–Crippen MR) is 75.3 cm³/mol. The molecule has 3 heteroatoms. The first-order valence-electron chi connectivity index (χ1n) is 6.58. The van der Waals surface area contributed by atoms with Crippen molar-refractivity contribution >= 4 is 15.9 Å². The molecule has 0 N–H and O–H groups in total. The molecule has 1 aliphatic heterocycles. The maximum absolute atomic E-state index is 3.52. The third kappa shape index (κ3) is 5.15. The molecule has 1 rings (SSSR count). The van der Waals surface area contributed by atoms with Gasteiger partial charge < -0.3 is 9.80 Å². The zero-order chi connectivity index (χ0) is 12.0. The Balaban J connectivity index is 2.12. The quantitative estimate of drug-likeness (QED) is 0.666. The van der Waals surface area contributed by atoms with Gasteiger partial charge in [0.1, 0.15) is 0 Å². The molecule has 1 heterocycles. The molecule has 0 aromatic carbocycles. The largest absolute Gasteiger partial charge is 0.305 e. The number of rotatable bonds is 7. The summed E-state index contributed by atoms with van der Waals surface area (Å²) in [5.74, 6) is 0.850. The van der Waals surface area contributed by atoms with Crippen LogP contribution in [0.3, 0.4) is 0 Å². The summed E-state index contributed by atoms with van der Waals surface area (Å²) in [5, 5.41) is 1.14. The SMILES string of the molecule is CC(CCBr)CCN(C)CC1CCCN1C. The van der Waals surface area contributed by atoms with Crippen molar-refractivity contribution in [1.29, 1.82) is 0 Å². The Bertz CT molecular complexity index is 187. The first-order chi connectivity index (χ1) is 7.63. The van der Waals surface area contributed by atoms with Crippen molar-refractivity contribution < 1.29 is 0 Å². The summed E-state index contributed by atoms with van der Waals surface area (Å²) in [6.07, 6.45) is 5.41. The van der Waals surface area contributed by atoms with Crippen LogP contribution in [0.4, 0.5) is 0 Å². The van der Waals surface area contributed by atoms with Crippen LogP contribution >= 0.6 is 15.9 Å². The number of likely N-dealkylation sites (N-methyl/N-ethyl adjacent to an activating group) is 2. The summed E-state index contributed by atoms with van der Waals surface area (Å²) >= 11 is 3.52. The zero-order valence-corrected chi connectivity index (χ0v) is 12.7. The molecule has 0 radical (unpaired) electrons. The van der Waals surface area contributed by atoms with Crippen LogP contribution < -0.4 is 0 Å². The summed E-state index contributed by atoms with van der Waals surface area (Å²) in [7, 11) is 4.53. The van der Waals surface area contributed by atoms with E-state index in [1.807, 2.05) is 0 Å². The molecular formula is C13H27BrN2. The first kappa shape index (κ1) is 14.5. The van der Waals surface area contributed by atoms with Crippen LogP contribution in [0.2, 0.25) is 0 Å². The van der Waals surface area contributed by atoms with Gasteiger partial charge in [-0.05, 0) is 58.8 Å². The predicted octanol–water partition coefficient (Wildman–Crippen LogP) is 2.82. The highest BCUT2D eigenvalue weighted by Gasteiger charge is 2.21. The average Bonchev–Trinajstić information content (AvgIpc) is 2.62. The maximum Gasteiger partial charge on any atom is 0.0220 e. The number of hydrogen-bond acceptors (Lipinski definition) is 2. The van der Waals surface area contributed by atoms with Gasteiger partial charge in [0.05, 0.1) is 0 Å². The summed E-state index contributed by atoms with van der Waals surface area (Å²) < 4.78 is 0. The van der Waals surface area contributed by atoms with E-state index in [4.69, 9.17) is 0 Å². The van der Waals surface area contributed by atoms with Crippen molar-refractivity contribution in [2.75, 3.05) is 39.1 Å². The molecule has 2 atom stereocenters. The molecule has 16 heavy (non-hydrogen) atoms. The van der Waals surface area contributed by atoms with Crippen LogP contribution in [0.15, 0.2) is 0 Å². The van der Waals surface area contributed by atoms with Crippen LogP contribution in [-0.2, 0) is 0 Å². The molecule has 0 aromatic heterocycles. The van der Waals surface area contributed by atoms with Crippen molar-refractivity contribution in [2.45, 2.75) is 38.6 Å². The normalized spacial score (nSPS) is 24.2. The Hall–Kier alpha value is 0.400. The lowest BCUT2D eigenvalue weighted by Crippen LogP contribution is -2.37. The molecule has 1 aliphatic rings. The number of alkyl halides is 1. The topological polar surface area (TPSA) is 6.48 Å². The van der Waals surface area contributed by atoms with Crippen LogP contribution in [0.5, 0.6) is 0 Å². The Morgan fingerprint density at radius 1 is 1.44 bits per heavy atom. The minimum absolute atomic E-state index is 0.802. The van der Waals surface area contributed by atoms with E-state index in [0.717, 1.165) is 17.3 Å². The zero-order valence-electron chi connectivity index (χ0n) is 11.1. The van der Waals surface area contributed by atoms with Crippen molar-refractivity contribution in [3.63, 3.8) is 0 Å². The van der Waals surface area contributed by atoms with E-state index in [1.54, 1.807) is 0 Å². The molecular weight excluding hydrogens is 264 g/mol. The fourth-order valence-electron chi connectivity index (χ4n) is 2.43. The van der Waals surface area contributed by atoms with Gasteiger partial charge in [0, 0.05) is 17.9 Å². The molecule has 1 saturated heterocycles. The van der Waals surface area contributed by atoms with E-state index in [1.165, 1.54) is 45.3 Å². The lowest BCUT2D eigenvalue weighted by atomic mass is 10.1. The van der Waals surface area contributed by atoms with Crippen molar-refractivity contribution in [3.05, 3.63) is 0 Å². The second-order valence-corrected chi connectivity index (χ2v) is 6.20. The second kappa shape index (κ2) is 7.67. The third-order valence-electron chi connectivity index (χ3n) is 3.80. The van der Waals surface area contributed by atoms with Crippen LogP contribution in [-0.4, -0.2) is 54.9 Å². The molecule has 96 valence electrons. The maximum atomic E-state index is 3.52. The Morgan fingerprint density at radius 2 is 2.19 bits per heavy atom. The van der Waals surface area contributed by atoms with Crippen molar-refractivity contribution in [2.24, 2.45) is 5.92 Å². The second-order valence-electron chi connectivity index (χ2n) is 5.41. The first-order valence-corrected chi connectivity index (χ1v) is 7.70. The van der Waals surface area contributed by atoms with Crippen LogP contribution in [0.1, 0.15) is 32.6 Å². The molecule has 2 unspecified atom stereocenters. The smallest absolute Gasteiger partial charge is 0.0220 e. The Labute approximate surface area is 109 Å². The highest BCUT2D eigenvalue weighted by molar-refractivity contribution is 9.09. The monoisotopic (exact) mass is 290 g/mol. The van der Waals surface area contributed by atoms with E-state index in [0.29, 0.717) is 0 Å². The summed E-state index contributed by atoms with van der Waals surface area (Å²) in [4.78, 5) is 5.02. The highest BCUT2D eigenvalue weighted by atomic mass is 79.9. The molecule has 0 spiro atoms. The van der Waals surface area contributed by atoms with E-state index >= 15 is 0 Å². The summed E-state index contributed by atoms with van der Waals surface area (Å²) in [6.45, 7) is 6.14. The lowest BCUT2D eigenvalue weighted by Gasteiger charge is -2.26. The number of nitrogens with zero attached hydrogens (tertiary/aromatic N) is 2. The highest BCUT2D eigenvalue weighted by Crippen LogP contribution is 2.16. The number of likely N-dealkylation sites (tertiary alicyclic amines) is 1. The van der Waals surface area contributed by atoms with E-state index in [9.17, 15) is 0 Å². The summed E-state index contributed by atoms with van der Waals surface area (Å²) in [6, 6.07) is 0.802.